The molecule has 0 saturated heterocycles. The van der Waals surface area contributed by atoms with Crippen LogP contribution in [0.5, 0.6) is 0 Å². The van der Waals surface area contributed by atoms with Gasteiger partial charge in [0.05, 0.1) is 12.8 Å². The third-order valence-corrected chi connectivity index (χ3v) is 2.70. The fraction of sp³-hybridized carbons (Fsp3) is 0.214. The Labute approximate surface area is 115 Å². The van der Waals surface area contributed by atoms with Crippen LogP contribution < -0.4 is 10.6 Å². The highest BCUT2D eigenvalue weighted by atomic mass is 19.1. The number of anilines is 1. The van der Waals surface area contributed by atoms with Crippen molar-refractivity contribution in [1.29, 1.82) is 0 Å². The Morgan fingerprint density at radius 3 is 2.70 bits per heavy atom. The first-order valence-electron chi connectivity index (χ1n) is 6.05. The van der Waals surface area contributed by atoms with Gasteiger partial charge < -0.3 is 19.8 Å². The minimum Gasteiger partial charge on any atom is -0.467 e. The van der Waals surface area contributed by atoms with Crippen LogP contribution in [-0.4, -0.2) is 19.7 Å². The van der Waals surface area contributed by atoms with Gasteiger partial charge in [-0.1, -0.05) is 0 Å². The number of furan rings is 1. The number of hydrogen-bond donors (Lipinski definition) is 2. The smallest absolute Gasteiger partial charge is 0.319 e. The molecule has 20 heavy (non-hydrogen) atoms. The van der Waals surface area contributed by atoms with E-state index < -0.39 is 6.03 Å². The van der Waals surface area contributed by atoms with Crippen molar-refractivity contribution in [3.05, 3.63) is 54.2 Å². The Morgan fingerprint density at radius 2 is 2.10 bits per heavy atom. The average Bonchev–Trinajstić information content (AvgIpc) is 2.96. The Kier molecular flexibility index (Phi) is 4.73. The molecule has 6 heteroatoms. The van der Waals surface area contributed by atoms with Crippen LogP contribution in [0, 0.1) is 5.82 Å². The number of ether oxygens (including phenoxy) is 1. The fourth-order valence-electron chi connectivity index (χ4n) is 1.67. The van der Waals surface area contributed by atoms with E-state index in [1.165, 1.54) is 31.4 Å². The second kappa shape index (κ2) is 6.72. The van der Waals surface area contributed by atoms with Gasteiger partial charge in [-0.3, -0.25) is 0 Å². The maximum Gasteiger partial charge on any atom is 0.319 e. The van der Waals surface area contributed by atoms with E-state index in [1.807, 2.05) is 0 Å². The summed E-state index contributed by atoms with van der Waals surface area (Å²) in [5.41, 5.74) is 0.510. The van der Waals surface area contributed by atoms with E-state index in [0.717, 1.165) is 0 Å². The van der Waals surface area contributed by atoms with Gasteiger partial charge in [-0.15, -0.1) is 0 Å². The molecule has 0 radical (unpaired) electrons. The number of urea groups is 1. The molecule has 1 aromatic heterocycles. The Balaban J connectivity index is 1.84. The Hall–Kier alpha value is -2.34. The number of nitrogens with one attached hydrogen (secondary N) is 2. The SMILES string of the molecule is CO[C@H](CNC(=O)Nc1ccc(F)cc1)c1ccco1. The molecule has 1 aromatic carbocycles. The zero-order valence-corrected chi connectivity index (χ0v) is 10.9. The molecular formula is C14H15FN2O3. The third-order valence-electron chi connectivity index (χ3n) is 2.70. The quantitative estimate of drug-likeness (QED) is 0.883. The van der Waals surface area contributed by atoms with Crippen LogP contribution in [0.3, 0.4) is 0 Å². The predicted molar refractivity (Wildman–Crippen MR) is 71.9 cm³/mol. The first-order chi connectivity index (χ1) is 9.69. The van der Waals surface area contributed by atoms with Crippen LogP contribution in [0.15, 0.2) is 47.1 Å². The van der Waals surface area contributed by atoms with E-state index in [0.29, 0.717) is 11.4 Å². The molecule has 0 aliphatic rings. The van der Waals surface area contributed by atoms with E-state index >= 15 is 0 Å². The molecule has 0 bridgehead atoms. The molecule has 2 rings (SSSR count). The summed E-state index contributed by atoms with van der Waals surface area (Å²) in [7, 11) is 1.53. The lowest BCUT2D eigenvalue weighted by Gasteiger charge is -2.14. The number of hydrogen-bond acceptors (Lipinski definition) is 3. The second-order valence-electron chi connectivity index (χ2n) is 4.08. The lowest BCUT2D eigenvalue weighted by molar-refractivity contribution is 0.0855. The van der Waals surface area contributed by atoms with Gasteiger partial charge >= 0.3 is 6.03 Å². The average molecular weight is 278 g/mol. The number of carbonyl (C=O) groups excluding carboxylic acids is 1. The summed E-state index contributed by atoms with van der Waals surface area (Å²) in [5, 5.41) is 5.25. The van der Waals surface area contributed by atoms with Crippen molar-refractivity contribution in [3.63, 3.8) is 0 Å². The van der Waals surface area contributed by atoms with Crippen molar-refractivity contribution >= 4 is 11.7 Å². The zero-order chi connectivity index (χ0) is 14.4. The van der Waals surface area contributed by atoms with E-state index in [-0.39, 0.29) is 18.5 Å². The molecule has 1 atom stereocenters. The van der Waals surface area contributed by atoms with Crippen LogP contribution in [0.4, 0.5) is 14.9 Å². The summed E-state index contributed by atoms with van der Waals surface area (Å²) in [5.74, 6) is 0.280. The largest absolute Gasteiger partial charge is 0.467 e. The topological polar surface area (TPSA) is 63.5 Å². The monoisotopic (exact) mass is 278 g/mol. The first kappa shape index (κ1) is 14.1. The lowest BCUT2D eigenvalue weighted by Crippen LogP contribution is -2.32. The van der Waals surface area contributed by atoms with Crippen molar-refractivity contribution in [2.75, 3.05) is 19.0 Å². The van der Waals surface area contributed by atoms with E-state index in [1.54, 1.807) is 18.4 Å². The molecule has 2 amide bonds. The highest BCUT2D eigenvalue weighted by molar-refractivity contribution is 5.89. The third kappa shape index (κ3) is 3.83. The van der Waals surface area contributed by atoms with Gasteiger partial charge in [-0.25, -0.2) is 9.18 Å². The van der Waals surface area contributed by atoms with Gasteiger partial charge in [-0.05, 0) is 36.4 Å². The van der Waals surface area contributed by atoms with Gasteiger partial charge in [-0.2, -0.15) is 0 Å². The molecular weight excluding hydrogens is 263 g/mol. The molecule has 106 valence electrons. The molecule has 0 aliphatic heterocycles. The van der Waals surface area contributed by atoms with Crippen molar-refractivity contribution in [3.8, 4) is 0 Å². The number of benzene rings is 1. The van der Waals surface area contributed by atoms with Crippen LogP contribution in [-0.2, 0) is 4.74 Å². The van der Waals surface area contributed by atoms with Gasteiger partial charge in [0.2, 0.25) is 0 Å². The number of rotatable bonds is 5. The number of amides is 2. The van der Waals surface area contributed by atoms with Gasteiger partial charge in [0.15, 0.2) is 0 Å². The molecule has 0 fully saturated rings. The van der Waals surface area contributed by atoms with Gasteiger partial charge in [0.25, 0.3) is 0 Å². The molecule has 0 aliphatic carbocycles. The number of methoxy groups -OCH3 is 1. The van der Waals surface area contributed by atoms with E-state index in [2.05, 4.69) is 10.6 Å². The van der Waals surface area contributed by atoms with Crippen LogP contribution in [0.1, 0.15) is 11.9 Å². The van der Waals surface area contributed by atoms with Crippen LogP contribution in [0.25, 0.3) is 0 Å². The summed E-state index contributed by atoms with van der Waals surface area (Å²) < 4.78 is 23.2. The number of halogens is 1. The maximum absolute atomic E-state index is 12.7. The highest BCUT2D eigenvalue weighted by Crippen LogP contribution is 2.15. The van der Waals surface area contributed by atoms with Crippen molar-refractivity contribution in [1.82, 2.24) is 5.32 Å². The van der Waals surface area contributed by atoms with E-state index in [9.17, 15) is 9.18 Å². The van der Waals surface area contributed by atoms with Gasteiger partial charge in [0.1, 0.15) is 17.7 Å². The maximum atomic E-state index is 12.7. The van der Waals surface area contributed by atoms with Crippen molar-refractivity contribution in [2.24, 2.45) is 0 Å². The fourth-order valence-corrected chi connectivity index (χ4v) is 1.67. The predicted octanol–water partition coefficient (Wildman–Crippen LogP) is 2.93. The second-order valence-corrected chi connectivity index (χ2v) is 4.08. The molecule has 2 aromatic rings. The van der Waals surface area contributed by atoms with Crippen molar-refractivity contribution < 1.29 is 18.3 Å². The molecule has 0 saturated carbocycles. The summed E-state index contributed by atoms with van der Waals surface area (Å²) in [6.45, 7) is 0.261. The summed E-state index contributed by atoms with van der Waals surface area (Å²) >= 11 is 0. The highest BCUT2D eigenvalue weighted by Gasteiger charge is 2.14. The molecule has 5 nitrogen and oxygen atoms in total. The van der Waals surface area contributed by atoms with E-state index in [4.69, 9.17) is 9.15 Å². The minimum absolute atomic E-state index is 0.261. The number of carbonyl (C=O) groups is 1. The summed E-state index contributed by atoms with van der Waals surface area (Å²) in [4.78, 5) is 11.7. The molecule has 0 unspecified atom stereocenters. The molecule has 1 heterocycles. The standard InChI is InChI=1S/C14H15FN2O3/c1-19-13(12-3-2-8-20-12)9-16-14(18)17-11-6-4-10(15)5-7-11/h2-8,13H,9H2,1H3,(H2,16,17,18)/t13-/m1/s1. The summed E-state index contributed by atoms with van der Waals surface area (Å²) in [6.07, 6.45) is 1.18. The zero-order valence-electron chi connectivity index (χ0n) is 10.9. The van der Waals surface area contributed by atoms with Crippen LogP contribution in [0.2, 0.25) is 0 Å². The summed E-state index contributed by atoms with van der Waals surface area (Å²) in [6, 6.07) is 8.63. The molecule has 2 N–H and O–H groups in total. The van der Waals surface area contributed by atoms with Crippen molar-refractivity contribution in [2.45, 2.75) is 6.10 Å². The lowest BCUT2D eigenvalue weighted by atomic mass is 10.2. The molecule has 0 spiro atoms. The Morgan fingerprint density at radius 1 is 1.35 bits per heavy atom. The Bertz CT molecular complexity index is 540. The van der Waals surface area contributed by atoms with Gasteiger partial charge in [0, 0.05) is 12.8 Å². The first-order valence-corrected chi connectivity index (χ1v) is 6.05. The minimum atomic E-state index is -0.398. The normalized spacial score (nSPS) is 11.9. The van der Waals surface area contributed by atoms with Crippen LogP contribution >= 0.6 is 0 Å².